The summed E-state index contributed by atoms with van der Waals surface area (Å²) in [7, 11) is 0. The molecule has 5 heteroatoms. The maximum Gasteiger partial charge on any atom is 0.164 e. The number of carbonyl (C=O) groups is 1. The minimum absolute atomic E-state index is 0. The van der Waals surface area contributed by atoms with E-state index in [1.165, 1.54) is 33.5 Å². The molecule has 267 valence electrons. The third-order valence-corrected chi connectivity index (χ3v) is 9.88. The van der Waals surface area contributed by atoms with Gasteiger partial charge in [0.2, 0.25) is 0 Å². The summed E-state index contributed by atoms with van der Waals surface area (Å²) < 4.78 is 6.75. The van der Waals surface area contributed by atoms with Gasteiger partial charge in [-0.05, 0) is 79.4 Å². The number of ether oxygens (including phenoxy) is 1. The molecule has 4 aromatic rings. The van der Waals surface area contributed by atoms with Crippen LogP contribution in [0.3, 0.4) is 0 Å². The largest absolute Gasteiger partial charge is 0.512 e. The standard InChI is InChI=1S/C30H32NO.C14H26O2.Ir/c1-18-8-9-22-21(12-18)15-23-27-26-20(10-11-31-27)13-19(16-29(2,3)4)14-25(26)32-28(23)24(22)17-30(5,6)7;1-6-11(7-2)12(15)10-13(16)14(5,8-3)9-4;/h8-14H,16-17H2,1-7H3;10-11,15H,6-9H2,1-5H3;/q-1;;/b;12-10-;. The summed E-state index contributed by atoms with van der Waals surface area (Å²) in [5.74, 6) is 2.29. The molecule has 3 aromatic carbocycles. The van der Waals surface area contributed by atoms with Gasteiger partial charge < -0.3 is 9.84 Å². The van der Waals surface area contributed by atoms with Crippen LogP contribution in [0, 0.1) is 35.2 Å². The third kappa shape index (κ3) is 9.41. The maximum absolute atomic E-state index is 12.0. The van der Waals surface area contributed by atoms with Crippen molar-refractivity contribution in [2.45, 2.75) is 122 Å². The fraction of sp³-hybridized carbons (Fsp3) is 0.500. The molecule has 0 amide bonds. The van der Waals surface area contributed by atoms with Gasteiger partial charge in [0.05, 0.1) is 11.5 Å². The van der Waals surface area contributed by atoms with E-state index in [-0.39, 0.29) is 53.8 Å². The number of carbonyl (C=O) groups excluding carboxylic acids is 1. The maximum atomic E-state index is 12.0. The van der Waals surface area contributed by atoms with Crippen LogP contribution in [-0.2, 0) is 37.7 Å². The number of rotatable bonds is 9. The van der Waals surface area contributed by atoms with Gasteiger partial charge in [0, 0.05) is 54.8 Å². The van der Waals surface area contributed by atoms with Gasteiger partial charge in [0.25, 0.3) is 0 Å². The minimum atomic E-state index is -0.319. The second-order valence-electron chi connectivity index (χ2n) is 16.5. The summed E-state index contributed by atoms with van der Waals surface area (Å²) >= 11 is 0. The number of nitrogens with zero attached hydrogens (tertiary/aromatic N) is 1. The van der Waals surface area contributed by atoms with Gasteiger partial charge in [-0.1, -0.05) is 116 Å². The zero-order chi connectivity index (χ0) is 35.6. The quantitative estimate of drug-likeness (QED) is 0.0912. The van der Waals surface area contributed by atoms with Crippen LogP contribution in [0.4, 0.5) is 0 Å². The number of hydrogen-bond acceptors (Lipinski definition) is 4. The molecule has 1 N–H and O–H groups in total. The Balaban J connectivity index is 0.000000328. The summed E-state index contributed by atoms with van der Waals surface area (Å²) in [6.45, 7) is 25.9. The predicted molar refractivity (Wildman–Crippen MR) is 203 cm³/mol. The molecule has 0 bridgehead atoms. The van der Waals surface area contributed by atoms with E-state index in [0.29, 0.717) is 0 Å². The summed E-state index contributed by atoms with van der Waals surface area (Å²) in [5.41, 5.74) is 5.80. The van der Waals surface area contributed by atoms with Crippen LogP contribution in [0.5, 0.6) is 11.5 Å². The Hall–Kier alpha value is -3.01. The fourth-order valence-corrected chi connectivity index (χ4v) is 6.64. The SMILES string of the molecule is CCC(CC)/C(O)=C/C(=O)C(C)(CC)CC.Cc1ccc2c(CC(C)(C)C)c3c([c-]c2c1)-c1nccc2cc(CC(C)(C)C)cc(c12)O3.[Ir]. The van der Waals surface area contributed by atoms with Crippen molar-refractivity contribution in [2.75, 3.05) is 0 Å². The van der Waals surface area contributed by atoms with E-state index in [1.54, 1.807) is 0 Å². The minimum Gasteiger partial charge on any atom is -0.512 e. The number of allylic oxidation sites excluding steroid dienone is 2. The topological polar surface area (TPSA) is 59.4 Å². The summed E-state index contributed by atoms with van der Waals surface area (Å²) in [5, 5.41) is 14.5. The van der Waals surface area contributed by atoms with Gasteiger partial charge in [0.15, 0.2) is 5.78 Å². The molecule has 0 atom stereocenters. The number of aryl methyl sites for hydroxylation is 1. The zero-order valence-corrected chi connectivity index (χ0v) is 34.4. The smallest absolute Gasteiger partial charge is 0.164 e. The van der Waals surface area contributed by atoms with Crippen LogP contribution in [0.15, 0.2) is 54.4 Å². The van der Waals surface area contributed by atoms with Gasteiger partial charge in [-0.15, -0.1) is 17.5 Å². The van der Waals surface area contributed by atoms with Gasteiger partial charge in [-0.3, -0.25) is 9.78 Å². The molecule has 2 heterocycles. The molecule has 0 saturated carbocycles. The number of benzene rings is 3. The Morgan fingerprint density at radius 3 is 2.12 bits per heavy atom. The van der Waals surface area contributed by atoms with Crippen molar-refractivity contribution in [3.63, 3.8) is 0 Å². The Labute approximate surface area is 309 Å². The molecule has 5 rings (SSSR count). The van der Waals surface area contributed by atoms with Crippen LogP contribution >= 0.6 is 0 Å². The average Bonchev–Trinajstić information content (AvgIpc) is 3.00. The Bertz CT molecular complexity index is 1810. The third-order valence-electron chi connectivity index (χ3n) is 9.88. The molecule has 49 heavy (non-hydrogen) atoms. The molecule has 1 aromatic heterocycles. The number of ketones is 1. The van der Waals surface area contributed by atoms with Crippen molar-refractivity contribution in [3.05, 3.63) is 77.2 Å². The molecule has 0 saturated heterocycles. The van der Waals surface area contributed by atoms with Crippen LogP contribution in [0.2, 0.25) is 0 Å². The second-order valence-corrected chi connectivity index (χ2v) is 16.5. The number of pyridine rings is 1. The van der Waals surface area contributed by atoms with E-state index in [9.17, 15) is 9.90 Å². The van der Waals surface area contributed by atoms with E-state index in [1.807, 2.05) is 40.8 Å². The molecular formula is C44H58IrNO3-. The van der Waals surface area contributed by atoms with E-state index in [0.717, 1.165) is 72.1 Å². The zero-order valence-electron chi connectivity index (χ0n) is 32.0. The average molecular weight is 841 g/mol. The Kier molecular flexibility index (Phi) is 13.1. The number of hydrogen-bond donors (Lipinski definition) is 1. The number of fused-ring (bicyclic) bond motifs is 3. The van der Waals surface area contributed by atoms with E-state index in [4.69, 9.17) is 9.72 Å². The van der Waals surface area contributed by atoms with Crippen molar-refractivity contribution in [1.29, 1.82) is 0 Å². The van der Waals surface area contributed by atoms with Crippen molar-refractivity contribution in [2.24, 2.45) is 22.2 Å². The normalized spacial score (nSPS) is 13.0. The van der Waals surface area contributed by atoms with Crippen molar-refractivity contribution in [1.82, 2.24) is 4.98 Å². The number of aliphatic hydroxyl groups excluding tert-OH is 1. The van der Waals surface area contributed by atoms with Crippen molar-refractivity contribution >= 4 is 27.3 Å². The molecule has 0 aliphatic carbocycles. The summed E-state index contributed by atoms with van der Waals surface area (Å²) in [6.07, 6.45) is 8.68. The van der Waals surface area contributed by atoms with Crippen LogP contribution < -0.4 is 4.74 Å². The first kappa shape index (κ1) is 40.4. The Morgan fingerprint density at radius 1 is 0.918 bits per heavy atom. The van der Waals surface area contributed by atoms with Crippen LogP contribution in [0.25, 0.3) is 32.8 Å². The van der Waals surface area contributed by atoms with Gasteiger partial charge in [-0.25, -0.2) is 0 Å². The molecule has 1 radical (unpaired) electrons. The van der Waals surface area contributed by atoms with Crippen molar-refractivity contribution in [3.8, 4) is 22.8 Å². The van der Waals surface area contributed by atoms with Crippen molar-refractivity contribution < 1.29 is 34.7 Å². The Morgan fingerprint density at radius 2 is 1.55 bits per heavy atom. The monoisotopic (exact) mass is 841 g/mol. The molecular weight excluding hydrogens is 783 g/mol. The van der Waals surface area contributed by atoms with E-state index < -0.39 is 0 Å². The van der Waals surface area contributed by atoms with E-state index in [2.05, 4.69) is 90.9 Å². The molecule has 1 aliphatic heterocycles. The molecule has 4 nitrogen and oxygen atoms in total. The number of aliphatic hydroxyl groups is 1. The van der Waals surface area contributed by atoms with Gasteiger partial charge in [-0.2, -0.15) is 0 Å². The van der Waals surface area contributed by atoms with Crippen LogP contribution in [-0.4, -0.2) is 15.9 Å². The van der Waals surface area contributed by atoms with Gasteiger partial charge in [0.1, 0.15) is 5.75 Å². The molecule has 1 aliphatic rings. The molecule has 0 fully saturated rings. The molecule has 0 unspecified atom stereocenters. The fourth-order valence-electron chi connectivity index (χ4n) is 6.64. The van der Waals surface area contributed by atoms with E-state index >= 15 is 0 Å². The predicted octanol–water partition coefficient (Wildman–Crippen LogP) is 12.7. The summed E-state index contributed by atoms with van der Waals surface area (Å²) in [4.78, 5) is 16.9. The van der Waals surface area contributed by atoms with Crippen LogP contribution in [0.1, 0.15) is 119 Å². The van der Waals surface area contributed by atoms with Gasteiger partial charge >= 0.3 is 0 Å². The first-order valence-electron chi connectivity index (χ1n) is 18.0. The summed E-state index contributed by atoms with van der Waals surface area (Å²) in [6, 6.07) is 16.9. The first-order valence-corrected chi connectivity index (χ1v) is 18.0. The molecule has 0 spiro atoms. The second kappa shape index (κ2) is 15.9. The number of aromatic nitrogens is 1. The first-order chi connectivity index (χ1) is 22.4.